The van der Waals surface area contributed by atoms with E-state index in [1.54, 1.807) is 0 Å². The summed E-state index contributed by atoms with van der Waals surface area (Å²) in [4.78, 5) is 7.02. The highest BCUT2D eigenvalue weighted by atomic mass is 15.2. The second-order valence-corrected chi connectivity index (χ2v) is 4.17. The van der Waals surface area contributed by atoms with Gasteiger partial charge in [-0.1, -0.05) is 0 Å². The molecule has 0 aromatic rings. The van der Waals surface area contributed by atoms with Crippen LogP contribution in [0.5, 0.6) is 0 Å². The van der Waals surface area contributed by atoms with Crippen LogP contribution in [0.1, 0.15) is 4.28 Å². The summed E-state index contributed by atoms with van der Waals surface area (Å²) in [5.41, 5.74) is 0.764. The van der Waals surface area contributed by atoms with Crippen molar-refractivity contribution >= 4 is 0 Å². The fourth-order valence-electron chi connectivity index (χ4n) is 1.67. The van der Waals surface area contributed by atoms with E-state index in [1.807, 2.05) is 0 Å². The first kappa shape index (κ1) is 9.09. The molecule has 1 aliphatic heterocycles. The monoisotopic (exact) mass is 210 g/mol. The van der Waals surface area contributed by atoms with Crippen LogP contribution in [-0.4, -0.2) is 81.2 Å². The van der Waals surface area contributed by atoms with Crippen LogP contribution in [0.4, 0.5) is 0 Å². The Hall–Kier alpha value is -0.160. The molecule has 0 atom stereocenters. The van der Waals surface area contributed by atoms with E-state index in [-0.39, 0.29) is 4.28 Å². The summed E-state index contributed by atoms with van der Waals surface area (Å²) in [6, 6.07) is 0. The minimum Gasteiger partial charge on any atom is -0.329 e. The molecule has 0 unspecified atom stereocenters. The maximum Gasteiger partial charge on any atom is 0.118 e. The predicted octanol–water partition coefficient (Wildman–Crippen LogP) is -0.138. The highest BCUT2D eigenvalue weighted by molar-refractivity contribution is 4.67. The van der Waals surface area contributed by atoms with Gasteiger partial charge in [0.15, 0.2) is 0 Å². The molecule has 0 saturated carbocycles. The molecule has 0 radical (unpaired) electrons. The van der Waals surface area contributed by atoms with Gasteiger partial charge in [-0.25, -0.2) is 0 Å². The van der Waals surface area contributed by atoms with E-state index in [9.17, 15) is 0 Å². The quantitative estimate of drug-likeness (QED) is 0.703. The maximum absolute atomic E-state index is 7.07. The zero-order valence-corrected chi connectivity index (χ0v) is 9.45. The molecular weight excluding hydrogens is 176 g/mol. The van der Waals surface area contributed by atoms with Crippen molar-refractivity contribution in [3.05, 3.63) is 0 Å². The first-order valence-electron chi connectivity index (χ1n) is 6.32. The zero-order valence-electron chi connectivity index (χ0n) is 11.4. The van der Waals surface area contributed by atoms with Gasteiger partial charge in [-0.3, -0.25) is 4.90 Å². The summed E-state index contributed by atoms with van der Waals surface area (Å²) >= 11 is 0. The van der Waals surface area contributed by atoms with Crippen LogP contribution in [0.3, 0.4) is 0 Å². The van der Waals surface area contributed by atoms with Crippen molar-refractivity contribution in [2.45, 2.75) is 0 Å². The van der Waals surface area contributed by atoms with Crippen molar-refractivity contribution in [1.29, 1.82) is 0 Å². The van der Waals surface area contributed by atoms with Gasteiger partial charge in [0.25, 0.3) is 0 Å². The minimum atomic E-state index is 0. The molecule has 1 heterocycles. The molecule has 1 aliphatic rings. The Bertz CT molecular complexity index is 185. The Kier molecular flexibility index (Phi) is 4.12. The van der Waals surface area contributed by atoms with Gasteiger partial charge in [0.1, 0.15) is 2.82 Å². The van der Waals surface area contributed by atoms with Crippen LogP contribution >= 0.6 is 0 Å². The Morgan fingerprint density at radius 2 is 1.57 bits per heavy atom. The lowest BCUT2D eigenvalue weighted by molar-refractivity contribution is 0.240. The Labute approximate surface area is 95.0 Å². The smallest absolute Gasteiger partial charge is 0.118 e. The fraction of sp³-hybridized carbons (Fsp3) is 1.00. The molecule has 0 aromatic carbocycles. The number of nitrogens with zero attached hydrogens (tertiary/aromatic N) is 3. The standard InChI is InChI=1S/C10H24N4.3H2/c1-12-5-6-13(2)8-10-14(4-3-11)9-7-12;;;/h3-11H2,1-2H3;3*1H/i/hT2. The normalized spacial score (nSPS) is 26.5. The van der Waals surface area contributed by atoms with Crippen LogP contribution in [0, 0.1) is 0 Å². The van der Waals surface area contributed by atoms with Gasteiger partial charge in [0.2, 0.25) is 0 Å². The molecule has 1 fully saturated rings. The molecule has 0 spiro atoms. The van der Waals surface area contributed by atoms with Crippen molar-refractivity contribution < 1.29 is 7.10 Å². The third kappa shape index (κ3) is 4.37. The second-order valence-electron chi connectivity index (χ2n) is 4.17. The summed E-state index contributed by atoms with van der Waals surface area (Å²) in [6.45, 7) is 7.77. The third-order valence-corrected chi connectivity index (χ3v) is 2.88. The molecule has 14 heavy (non-hydrogen) atoms. The van der Waals surface area contributed by atoms with Crippen LogP contribution in [0.2, 0.25) is 2.82 Å². The van der Waals surface area contributed by atoms with Crippen molar-refractivity contribution in [3.8, 4) is 0 Å². The largest absolute Gasteiger partial charge is 0.329 e. The number of rotatable bonds is 3. The molecule has 1 rings (SSSR count). The molecule has 0 aliphatic carbocycles. The van der Waals surface area contributed by atoms with Gasteiger partial charge >= 0.3 is 0 Å². The number of likely N-dealkylation sites (N-methyl/N-ethyl adjacent to an activating group) is 2. The molecule has 0 aromatic heterocycles. The number of nitrogens with two attached hydrogens (primary N) is 1. The van der Waals surface area contributed by atoms with E-state index in [4.69, 9.17) is 2.82 Å². The molecule has 0 bridgehead atoms. The topological polar surface area (TPSA) is 35.7 Å². The molecule has 0 amide bonds. The fourth-order valence-corrected chi connectivity index (χ4v) is 1.67. The van der Waals surface area contributed by atoms with Crippen LogP contribution in [0.15, 0.2) is 0 Å². The molecule has 90 valence electrons. The summed E-state index contributed by atoms with van der Waals surface area (Å²) in [5, 5.41) is 0. The average Bonchev–Trinajstić information content (AvgIpc) is 2.30. The predicted molar refractivity (Wildman–Crippen MR) is 66.8 cm³/mol. The number of hydrogen-bond acceptors (Lipinski definition) is 4. The van der Waals surface area contributed by atoms with Crippen molar-refractivity contribution in [2.24, 2.45) is 5.72 Å². The lowest BCUT2D eigenvalue weighted by Gasteiger charge is -2.23. The molecule has 1 saturated heterocycles. The first-order valence-corrected chi connectivity index (χ1v) is 5.42. The molecular formula is C10H30N4. The molecule has 4 nitrogen and oxygen atoms in total. The summed E-state index contributed by atoms with van der Waals surface area (Å²) in [5.74, 6) is 0. The van der Waals surface area contributed by atoms with E-state index in [1.165, 1.54) is 0 Å². The van der Waals surface area contributed by atoms with Gasteiger partial charge in [-0.2, -0.15) is 0 Å². The van der Waals surface area contributed by atoms with E-state index >= 15 is 0 Å². The zero-order chi connectivity index (χ0) is 12.0. The van der Waals surface area contributed by atoms with Gasteiger partial charge < -0.3 is 15.5 Å². The Morgan fingerprint density at radius 1 is 1.07 bits per heavy atom. The van der Waals surface area contributed by atoms with Gasteiger partial charge in [0.05, 0.1) is 0 Å². The lowest BCUT2D eigenvalue weighted by atomic mass is 10.4. The van der Waals surface area contributed by atoms with Crippen molar-refractivity contribution in [2.75, 3.05) is 66.5 Å². The van der Waals surface area contributed by atoms with E-state index in [0.717, 1.165) is 51.5 Å². The maximum atomic E-state index is 7.07. The Balaban J connectivity index is -0.000000853. The highest BCUT2D eigenvalue weighted by Crippen LogP contribution is 1.96. The van der Waals surface area contributed by atoms with Gasteiger partial charge in [-0.15, -0.1) is 0 Å². The SMILES string of the molecule is [3H]N([3H])CCN1CCN(C)CCN(C)CC1.[HH].[HH].[HH]. The van der Waals surface area contributed by atoms with Gasteiger partial charge in [-0.05, 0) is 14.1 Å². The minimum absolute atomic E-state index is 0. The second kappa shape index (κ2) is 6.35. The van der Waals surface area contributed by atoms with E-state index in [2.05, 4.69) is 28.8 Å². The summed E-state index contributed by atoms with van der Waals surface area (Å²) < 4.78 is 14.1. The highest BCUT2D eigenvalue weighted by Gasteiger charge is 2.10. The van der Waals surface area contributed by atoms with Gasteiger partial charge in [0, 0.05) is 56.6 Å². The Morgan fingerprint density at radius 3 is 2.07 bits per heavy atom. The number of hydrogen-bond donors (Lipinski definition) is 1. The van der Waals surface area contributed by atoms with E-state index < -0.39 is 0 Å². The van der Waals surface area contributed by atoms with Crippen LogP contribution < -0.4 is 5.72 Å². The van der Waals surface area contributed by atoms with Crippen molar-refractivity contribution in [1.82, 2.24) is 14.7 Å². The van der Waals surface area contributed by atoms with Crippen molar-refractivity contribution in [3.63, 3.8) is 0 Å². The average molecular weight is 210 g/mol. The van der Waals surface area contributed by atoms with Crippen LogP contribution in [0.25, 0.3) is 0 Å². The third-order valence-electron chi connectivity index (χ3n) is 2.88. The summed E-state index contributed by atoms with van der Waals surface area (Å²) in [6.07, 6.45) is 0. The first-order chi connectivity index (χ1) is 7.58. The molecule has 4 heteroatoms. The molecule has 2 N–H and O–H groups in total. The lowest BCUT2D eigenvalue weighted by Crippen LogP contribution is -2.37. The van der Waals surface area contributed by atoms with E-state index in [0.29, 0.717) is 6.54 Å². The summed E-state index contributed by atoms with van der Waals surface area (Å²) in [7, 11) is 4.30. The van der Waals surface area contributed by atoms with Crippen LogP contribution in [-0.2, 0) is 0 Å².